The Bertz CT molecular complexity index is 608. The first kappa shape index (κ1) is 18.8. The molecule has 2 fully saturated rings. The molecule has 2 aliphatic heterocycles. The van der Waals surface area contributed by atoms with E-state index in [-0.39, 0.29) is 17.9 Å². The Morgan fingerprint density at radius 3 is 2.72 bits per heavy atom. The van der Waals surface area contributed by atoms with Gasteiger partial charge in [0.05, 0.1) is 22.6 Å². The largest absolute Gasteiger partial charge is 0.489 e. The molecule has 2 saturated heterocycles. The fourth-order valence-electron chi connectivity index (χ4n) is 3.46. The van der Waals surface area contributed by atoms with Crippen LogP contribution in [0, 0.1) is 5.92 Å². The van der Waals surface area contributed by atoms with Crippen molar-refractivity contribution in [1.82, 2.24) is 4.90 Å². The molecule has 0 spiro atoms. The van der Waals surface area contributed by atoms with E-state index in [1.54, 1.807) is 18.2 Å². The molecule has 138 valence electrons. The Morgan fingerprint density at radius 1 is 1.24 bits per heavy atom. The molecule has 0 bridgehead atoms. The van der Waals surface area contributed by atoms with E-state index in [1.165, 1.54) is 0 Å². The van der Waals surface area contributed by atoms with Crippen molar-refractivity contribution in [1.29, 1.82) is 0 Å². The van der Waals surface area contributed by atoms with Crippen LogP contribution in [0.5, 0.6) is 5.75 Å². The van der Waals surface area contributed by atoms with Gasteiger partial charge < -0.3 is 20.1 Å². The van der Waals surface area contributed by atoms with Crippen LogP contribution < -0.4 is 10.5 Å². The zero-order valence-electron chi connectivity index (χ0n) is 14.1. The topological polar surface area (TPSA) is 64.8 Å². The van der Waals surface area contributed by atoms with Crippen molar-refractivity contribution >= 4 is 29.1 Å². The molecule has 7 heteroatoms. The van der Waals surface area contributed by atoms with Gasteiger partial charge in [-0.1, -0.05) is 23.2 Å². The highest BCUT2D eigenvalue weighted by Gasteiger charge is 2.32. The maximum Gasteiger partial charge on any atom is 0.239 e. The molecular formula is C18H24Cl2N2O3. The second-order valence-corrected chi connectivity index (χ2v) is 7.53. The zero-order valence-corrected chi connectivity index (χ0v) is 15.6. The van der Waals surface area contributed by atoms with E-state index >= 15 is 0 Å². The van der Waals surface area contributed by atoms with Crippen molar-refractivity contribution < 1.29 is 14.3 Å². The number of nitrogens with two attached hydrogens (primary N) is 1. The summed E-state index contributed by atoms with van der Waals surface area (Å²) in [5.74, 6) is 0.898. The van der Waals surface area contributed by atoms with Crippen molar-refractivity contribution in [3.63, 3.8) is 0 Å². The van der Waals surface area contributed by atoms with Gasteiger partial charge in [0.2, 0.25) is 5.91 Å². The molecule has 1 amide bonds. The van der Waals surface area contributed by atoms with Crippen LogP contribution in [0.2, 0.25) is 10.0 Å². The first-order valence-corrected chi connectivity index (χ1v) is 9.54. The number of amides is 1. The van der Waals surface area contributed by atoms with Gasteiger partial charge in [-0.25, -0.2) is 0 Å². The molecule has 3 rings (SSSR count). The van der Waals surface area contributed by atoms with Gasteiger partial charge in [-0.15, -0.1) is 0 Å². The molecule has 0 saturated carbocycles. The van der Waals surface area contributed by atoms with Gasteiger partial charge in [-0.2, -0.15) is 0 Å². The minimum absolute atomic E-state index is 0.0225. The number of carbonyl (C=O) groups is 1. The summed E-state index contributed by atoms with van der Waals surface area (Å²) in [5.41, 5.74) is 6.24. The molecular weight excluding hydrogens is 363 g/mol. The van der Waals surface area contributed by atoms with Crippen molar-refractivity contribution in [2.75, 3.05) is 26.3 Å². The number of likely N-dealkylation sites (tertiary alicyclic amines) is 1. The van der Waals surface area contributed by atoms with Crippen LogP contribution in [0.25, 0.3) is 0 Å². The summed E-state index contributed by atoms with van der Waals surface area (Å²) in [6.07, 6.45) is 3.44. The highest BCUT2D eigenvalue weighted by atomic mass is 35.5. The van der Waals surface area contributed by atoms with Gasteiger partial charge in [0, 0.05) is 25.8 Å². The average molecular weight is 387 g/mol. The molecule has 2 unspecified atom stereocenters. The lowest BCUT2D eigenvalue weighted by Gasteiger charge is -2.36. The molecule has 1 aromatic rings. The summed E-state index contributed by atoms with van der Waals surface area (Å²) in [6, 6.07) is 4.76. The molecule has 0 aromatic heterocycles. The summed E-state index contributed by atoms with van der Waals surface area (Å²) in [4.78, 5) is 14.6. The molecule has 1 aromatic carbocycles. The third kappa shape index (κ3) is 4.79. The van der Waals surface area contributed by atoms with E-state index in [0.717, 1.165) is 32.2 Å². The van der Waals surface area contributed by atoms with Crippen LogP contribution in [0.15, 0.2) is 18.2 Å². The molecule has 0 aliphatic carbocycles. The molecule has 25 heavy (non-hydrogen) atoms. The van der Waals surface area contributed by atoms with Crippen molar-refractivity contribution in [3.05, 3.63) is 28.2 Å². The number of hydrogen-bond donors (Lipinski definition) is 1. The van der Waals surface area contributed by atoms with Crippen LogP contribution in [-0.4, -0.2) is 49.3 Å². The number of ether oxygens (including phenoxy) is 2. The van der Waals surface area contributed by atoms with E-state index < -0.39 is 6.04 Å². The minimum atomic E-state index is -0.451. The van der Waals surface area contributed by atoms with Crippen molar-refractivity contribution in [2.45, 2.75) is 37.8 Å². The SMILES string of the molecule is NC(C(=O)N1CCCC(Oc2ccc(Cl)c(Cl)c2)C1)C1CCOCC1. The van der Waals surface area contributed by atoms with E-state index in [2.05, 4.69) is 0 Å². The first-order chi connectivity index (χ1) is 12.0. The highest BCUT2D eigenvalue weighted by molar-refractivity contribution is 6.42. The number of halogens is 2. The number of hydrogen-bond acceptors (Lipinski definition) is 4. The van der Waals surface area contributed by atoms with Gasteiger partial charge >= 0.3 is 0 Å². The molecule has 2 aliphatic rings. The van der Waals surface area contributed by atoms with E-state index in [9.17, 15) is 4.79 Å². The number of benzene rings is 1. The van der Waals surface area contributed by atoms with Crippen LogP contribution in [0.1, 0.15) is 25.7 Å². The predicted octanol–water partition coefficient (Wildman–Crippen LogP) is 3.12. The smallest absolute Gasteiger partial charge is 0.239 e. The number of rotatable bonds is 4. The molecule has 0 radical (unpaired) electrons. The Balaban J connectivity index is 1.58. The fourth-order valence-corrected chi connectivity index (χ4v) is 3.75. The number of carbonyl (C=O) groups excluding carboxylic acids is 1. The standard InChI is InChI=1S/C18H24Cl2N2O3/c19-15-4-3-13(10-16(15)20)25-14-2-1-7-22(11-14)18(23)17(21)12-5-8-24-9-6-12/h3-4,10,12,14,17H,1-2,5-9,11,21H2. The second-order valence-electron chi connectivity index (χ2n) is 6.72. The third-order valence-electron chi connectivity index (χ3n) is 4.94. The zero-order chi connectivity index (χ0) is 17.8. The lowest BCUT2D eigenvalue weighted by molar-refractivity contribution is -0.137. The number of piperidine rings is 1. The van der Waals surface area contributed by atoms with Gasteiger partial charge in [0.1, 0.15) is 11.9 Å². The summed E-state index contributed by atoms with van der Waals surface area (Å²) < 4.78 is 11.4. The second kappa shape index (κ2) is 8.58. The highest BCUT2D eigenvalue weighted by Crippen LogP contribution is 2.28. The maximum atomic E-state index is 12.8. The van der Waals surface area contributed by atoms with E-state index in [0.29, 0.717) is 35.6 Å². The summed E-state index contributed by atoms with van der Waals surface area (Å²) in [6.45, 7) is 2.66. The summed E-state index contributed by atoms with van der Waals surface area (Å²) >= 11 is 12.0. The first-order valence-electron chi connectivity index (χ1n) is 8.78. The maximum absolute atomic E-state index is 12.8. The van der Waals surface area contributed by atoms with Crippen LogP contribution in [0.3, 0.4) is 0 Å². The normalized spacial score (nSPS) is 23.3. The summed E-state index contributed by atoms with van der Waals surface area (Å²) in [5, 5.41) is 0.960. The lowest BCUT2D eigenvalue weighted by atomic mass is 9.91. The van der Waals surface area contributed by atoms with Crippen LogP contribution in [0.4, 0.5) is 0 Å². The van der Waals surface area contributed by atoms with Gasteiger partial charge in [0.25, 0.3) is 0 Å². The van der Waals surface area contributed by atoms with E-state index in [4.69, 9.17) is 38.4 Å². The van der Waals surface area contributed by atoms with E-state index in [1.807, 2.05) is 4.90 Å². The Labute approximate surface area is 158 Å². The van der Waals surface area contributed by atoms with Gasteiger partial charge in [-0.3, -0.25) is 4.79 Å². The van der Waals surface area contributed by atoms with Crippen LogP contribution >= 0.6 is 23.2 Å². The minimum Gasteiger partial charge on any atom is -0.489 e. The monoisotopic (exact) mass is 386 g/mol. The predicted molar refractivity (Wildman–Crippen MR) is 98.2 cm³/mol. The Hall–Kier alpha value is -1.01. The van der Waals surface area contributed by atoms with Crippen molar-refractivity contribution in [3.8, 4) is 5.75 Å². The quantitative estimate of drug-likeness (QED) is 0.862. The average Bonchev–Trinajstić information content (AvgIpc) is 2.64. The number of nitrogens with zero attached hydrogens (tertiary/aromatic N) is 1. The lowest BCUT2D eigenvalue weighted by Crippen LogP contribution is -2.53. The van der Waals surface area contributed by atoms with Crippen LogP contribution in [-0.2, 0) is 9.53 Å². The Kier molecular flexibility index (Phi) is 6.44. The van der Waals surface area contributed by atoms with Gasteiger partial charge in [0.15, 0.2) is 0 Å². The molecule has 5 nitrogen and oxygen atoms in total. The van der Waals surface area contributed by atoms with Crippen molar-refractivity contribution in [2.24, 2.45) is 11.7 Å². The molecule has 2 heterocycles. The summed E-state index contributed by atoms with van der Waals surface area (Å²) in [7, 11) is 0. The Morgan fingerprint density at radius 2 is 2.00 bits per heavy atom. The fraction of sp³-hybridized carbons (Fsp3) is 0.611. The van der Waals surface area contributed by atoms with Gasteiger partial charge in [-0.05, 0) is 43.7 Å². The third-order valence-corrected chi connectivity index (χ3v) is 5.68. The molecule has 2 N–H and O–H groups in total. The molecule has 2 atom stereocenters.